The summed E-state index contributed by atoms with van der Waals surface area (Å²) < 4.78 is 16.6. The number of benzene rings is 1. The summed E-state index contributed by atoms with van der Waals surface area (Å²) in [6, 6.07) is 3.44. The predicted molar refractivity (Wildman–Crippen MR) is 90.9 cm³/mol. The van der Waals surface area contributed by atoms with Crippen LogP contribution >= 0.6 is 0 Å². The van der Waals surface area contributed by atoms with E-state index in [1.807, 2.05) is 0 Å². The number of rotatable bonds is 8. The number of likely N-dealkylation sites (tertiary alicyclic amines) is 1. The molecule has 2 aromatic rings. The molecule has 3 rings (SSSR count). The highest BCUT2D eigenvalue weighted by Crippen LogP contribution is 2.30. The molecule has 1 fully saturated rings. The first-order valence-corrected chi connectivity index (χ1v) is 8.26. The van der Waals surface area contributed by atoms with Crippen LogP contribution in [0.2, 0.25) is 0 Å². The molecule has 0 unspecified atom stereocenters. The summed E-state index contributed by atoms with van der Waals surface area (Å²) in [5.74, 6) is 1.15. The summed E-state index contributed by atoms with van der Waals surface area (Å²) >= 11 is 0. The van der Waals surface area contributed by atoms with Crippen molar-refractivity contribution >= 4 is 10.9 Å². The number of aromatic nitrogens is 2. The maximum atomic E-state index is 11.9. The highest BCUT2D eigenvalue weighted by Gasteiger charge is 2.14. The van der Waals surface area contributed by atoms with Gasteiger partial charge in [-0.15, -0.1) is 0 Å². The minimum atomic E-state index is -0.194. The number of methoxy groups -OCH3 is 1. The maximum Gasteiger partial charge on any atom is 0.258 e. The van der Waals surface area contributed by atoms with Crippen molar-refractivity contribution < 1.29 is 14.2 Å². The van der Waals surface area contributed by atoms with E-state index in [1.165, 1.54) is 19.2 Å². The van der Waals surface area contributed by atoms with Crippen molar-refractivity contribution in [1.82, 2.24) is 14.9 Å². The lowest BCUT2D eigenvalue weighted by Gasteiger charge is -2.17. The summed E-state index contributed by atoms with van der Waals surface area (Å²) in [5.41, 5.74) is 0.397. The van der Waals surface area contributed by atoms with E-state index in [-0.39, 0.29) is 5.56 Å². The Morgan fingerprint density at radius 2 is 1.88 bits per heavy atom. The van der Waals surface area contributed by atoms with Crippen molar-refractivity contribution in [2.45, 2.75) is 12.8 Å². The number of nitrogens with zero attached hydrogens (tertiary/aromatic N) is 2. The Morgan fingerprint density at radius 3 is 2.67 bits per heavy atom. The molecule has 0 amide bonds. The van der Waals surface area contributed by atoms with Crippen LogP contribution in [-0.2, 0) is 4.74 Å². The molecule has 1 aromatic heterocycles. The molecule has 0 saturated carbocycles. The van der Waals surface area contributed by atoms with E-state index >= 15 is 0 Å². The van der Waals surface area contributed by atoms with E-state index in [1.54, 1.807) is 19.2 Å². The highest BCUT2D eigenvalue weighted by molar-refractivity contribution is 5.81. The summed E-state index contributed by atoms with van der Waals surface area (Å²) in [7, 11) is 1.62. The number of H-pyrrole nitrogens is 1. The van der Waals surface area contributed by atoms with Crippen molar-refractivity contribution in [2.75, 3.05) is 46.6 Å². The van der Waals surface area contributed by atoms with E-state index < -0.39 is 0 Å². The zero-order valence-electron chi connectivity index (χ0n) is 13.9. The van der Waals surface area contributed by atoms with Crippen molar-refractivity contribution in [1.29, 1.82) is 0 Å². The minimum absolute atomic E-state index is 0.194. The molecule has 1 saturated heterocycles. The van der Waals surface area contributed by atoms with Gasteiger partial charge < -0.3 is 19.2 Å². The Hall–Kier alpha value is -2.12. The first kappa shape index (κ1) is 16.7. The number of ether oxygens (including phenoxy) is 3. The van der Waals surface area contributed by atoms with Crippen LogP contribution in [0, 0.1) is 0 Å². The quantitative estimate of drug-likeness (QED) is 0.736. The summed E-state index contributed by atoms with van der Waals surface area (Å²) in [6.07, 6.45) is 3.91. The molecule has 1 aliphatic heterocycles. The summed E-state index contributed by atoms with van der Waals surface area (Å²) in [6.45, 7) is 4.59. The highest BCUT2D eigenvalue weighted by atomic mass is 16.5. The molecule has 2 heterocycles. The Bertz CT molecular complexity index is 725. The molecule has 0 bridgehead atoms. The molecule has 1 aliphatic rings. The molecule has 7 nitrogen and oxygen atoms in total. The first-order chi connectivity index (χ1) is 11.8. The van der Waals surface area contributed by atoms with Gasteiger partial charge in [0, 0.05) is 19.7 Å². The van der Waals surface area contributed by atoms with Crippen molar-refractivity contribution in [2.24, 2.45) is 0 Å². The van der Waals surface area contributed by atoms with Crippen molar-refractivity contribution in [3.63, 3.8) is 0 Å². The number of aromatic amines is 1. The van der Waals surface area contributed by atoms with E-state index in [2.05, 4.69) is 14.9 Å². The lowest BCUT2D eigenvalue weighted by Crippen LogP contribution is -2.25. The van der Waals surface area contributed by atoms with E-state index in [9.17, 15) is 4.79 Å². The van der Waals surface area contributed by atoms with Gasteiger partial charge in [-0.2, -0.15) is 0 Å². The zero-order chi connectivity index (χ0) is 16.8. The molecule has 7 heteroatoms. The fourth-order valence-electron chi connectivity index (χ4n) is 2.83. The molecule has 0 atom stereocenters. The van der Waals surface area contributed by atoms with Gasteiger partial charge in [-0.3, -0.25) is 9.69 Å². The summed E-state index contributed by atoms with van der Waals surface area (Å²) in [4.78, 5) is 21.1. The van der Waals surface area contributed by atoms with Crippen LogP contribution in [0.15, 0.2) is 23.3 Å². The molecule has 1 N–H and O–H groups in total. The van der Waals surface area contributed by atoms with Crippen LogP contribution in [0.5, 0.6) is 11.5 Å². The van der Waals surface area contributed by atoms with Crippen LogP contribution in [-0.4, -0.2) is 61.4 Å². The molecular formula is C17H23N3O4. The topological polar surface area (TPSA) is 76.7 Å². The van der Waals surface area contributed by atoms with Gasteiger partial charge in [-0.1, -0.05) is 0 Å². The first-order valence-electron chi connectivity index (χ1n) is 8.26. The van der Waals surface area contributed by atoms with Gasteiger partial charge in [0.25, 0.3) is 5.56 Å². The second kappa shape index (κ2) is 8.12. The minimum Gasteiger partial charge on any atom is -0.488 e. The van der Waals surface area contributed by atoms with Gasteiger partial charge in [0.15, 0.2) is 11.5 Å². The third-order valence-corrected chi connectivity index (χ3v) is 4.11. The normalized spacial score (nSPS) is 15.0. The SMILES string of the molecule is COCCOc1cc2c(=O)[nH]cnc2cc1OCCN1CCCC1. The van der Waals surface area contributed by atoms with E-state index in [0.717, 1.165) is 19.6 Å². The van der Waals surface area contributed by atoms with Gasteiger partial charge in [0.05, 0.1) is 23.8 Å². The molecule has 0 spiro atoms. The number of hydrogen-bond donors (Lipinski definition) is 1. The third-order valence-electron chi connectivity index (χ3n) is 4.11. The zero-order valence-corrected chi connectivity index (χ0v) is 13.9. The second-order valence-electron chi connectivity index (χ2n) is 5.79. The van der Waals surface area contributed by atoms with Crippen LogP contribution in [0.25, 0.3) is 10.9 Å². The van der Waals surface area contributed by atoms with Gasteiger partial charge >= 0.3 is 0 Å². The summed E-state index contributed by atoms with van der Waals surface area (Å²) in [5, 5.41) is 0.483. The number of fused-ring (bicyclic) bond motifs is 1. The van der Waals surface area contributed by atoms with E-state index in [4.69, 9.17) is 14.2 Å². The van der Waals surface area contributed by atoms with Gasteiger partial charge in [0.2, 0.25) is 0 Å². The lowest BCUT2D eigenvalue weighted by molar-refractivity contribution is 0.142. The Labute approximate surface area is 140 Å². The Kier molecular flexibility index (Phi) is 5.66. The molecular weight excluding hydrogens is 310 g/mol. The second-order valence-corrected chi connectivity index (χ2v) is 5.79. The smallest absolute Gasteiger partial charge is 0.258 e. The van der Waals surface area contributed by atoms with Crippen LogP contribution in [0.3, 0.4) is 0 Å². The molecule has 1 aromatic carbocycles. The van der Waals surface area contributed by atoms with Crippen LogP contribution in [0.1, 0.15) is 12.8 Å². The van der Waals surface area contributed by atoms with Gasteiger partial charge in [-0.05, 0) is 32.0 Å². The monoisotopic (exact) mass is 333 g/mol. The standard InChI is InChI=1S/C17H23N3O4/c1-22-8-9-24-15-10-13-14(18-12-19-17(13)21)11-16(15)23-7-6-20-4-2-3-5-20/h10-12H,2-9H2,1H3,(H,18,19,21). The van der Waals surface area contributed by atoms with Crippen LogP contribution in [0.4, 0.5) is 0 Å². The van der Waals surface area contributed by atoms with E-state index in [0.29, 0.717) is 42.2 Å². The maximum absolute atomic E-state index is 11.9. The fraction of sp³-hybridized carbons (Fsp3) is 0.529. The number of nitrogens with one attached hydrogen (secondary N) is 1. The molecule has 130 valence electrons. The third kappa shape index (κ3) is 4.04. The molecule has 0 aliphatic carbocycles. The average molecular weight is 333 g/mol. The molecule has 0 radical (unpaired) electrons. The Morgan fingerprint density at radius 1 is 1.12 bits per heavy atom. The lowest BCUT2D eigenvalue weighted by atomic mass is 10.2. The van der Waals surface area contributed by atoms with Crippen molar-refractivity contribution in [3.05, 3.63) is 28.8 Å². The fourth-order valence-corrected chi connectivity index (χ4v) is 2.83. The molecule has 24 heavy (non-hydrogen) atoms. The largest absolute Gasteiger partial charge is 0.488 e. The van der Waals surface area contributed by atoms with Gasteiger partial charge in [-0.25, -0.2) is 4.98 Å². The van der Waals surface area contributed by atoms with Crippen LogP contribution < -0.4 is 15.0 Å². The average Bonchev–Trinajstić information content (AvgIpc) is 3.09. The van der Waals surface area contributed by atoms with Crippen molar-refractivity contribution in [3.8, 4) is 11.5 Å². The number of hydrogen-bond acceptors (Lipinski definition) is 6. The van der Waals surface area contributed by atoms with Gasteiger partial charge in [0.1, 0.15) is 13.2 Å². The Balaban J connectivity index is 1.76. The predicted octanol–water partition coefficient (Wildman–Crippen LogP) is 1.42.